The van der Waals surface area contributed by atoms with E-state index in [-0.39, 0.29) is 24.3 Å². The summed E-state index contributed by atoms with van der Waals surface area (Å²) in [7, 11) is 0. The highest BCUT2D eigenvalue weighted by Crippen LogP contribution is 2.36. The molecule has 23 heteroatoms. The number of ether oxygens (including phenoxy) is 2. The molecule has 0 bridgehead atoms. The van der Waals surface area contributed by atoms with Crippen LogP contribution >= 0.6 is 22.7 Å². The first-order valence-electron chi connectivity index (χ1n) is 31.4. The van der Waals surface area contributed by atoms with Crippen molar-refractivity contribution in [2.75, 3.05) is 88.7 Å². The molecular weight excluding hydrogens is 1160 g/mol. The van der Waals surface area contributed by atoms with Crippen LogP contribution in [0.4, 0.5) is 44.4 Å². The number of benzene rings is 2. The number of nitrogens with two attached hydrogens (primary N) is 1. The highest BCUT2D eigenvalue weighted by Gasteiger charge is 2.31. The number of hydrogen-bond acceptors (Lipinski definition) is 22. The second kappa shape index (κ2) is 29.2. The lowest BCUT2D eigenvalue weighted by atomic mass is 9.92. The van der Waals surface area contributed by atoms with Crippen molar-refractivity contribution in [3.05, 3.63) is 124 Å². The molecule has 2 saturated heterocycles. The average Bonchev–Trinajstić information content (AvgIpc) is 3.59. The van der Waals surface area contributed by atoms with Gasteiger partial charge in [-0.15, -0.1) is 0 Å². The smallest absolute Gasteiger partial charge is 0.331 e. The summed E-state index contributed by atoms with van der Waals surface area (Å²) < 4.78 is 25.5. The van der Waals surface area contributed by atoms with Crippen molar-refractivity contribution in [3.63, 3.8) is 0 Å². The van der Waals surface area contributed by atoms with Gasteiger partial charge in [-0.1, -0.05) is 72.9 Å². The molecule has 2 fully saturated rings. The number of para-hydroxylation sites is 2. The number of aryl methyl sites for hydroxylation is 2. The Labute approximate surface area is 529 Å². The zero-order valence-corrected chi connectivity index (χ0v) is 54.1. The van der Waals surface area contributed by atoms with E-state index in [2.05, 4.69) is 99.4 Å². The third-order valence-electron chi connectivity index (χ3n) is 16.0. The molecule has 6 aromatic heterocycles. The van der Waals surface area contributed by atoms with Crippen LogP contribution in [-0.4, -0.2) is 127 Å². The standard InChI is InChI=1S/C33H42N8O2S.C26H39N7O2.C7H4FNS/c1-5-23-29(35-19-26(31(42)43-33(2,3)4)40-32-39-25-10-6-7-11-27(25)44-32)36-20-37-30(23)41-17-14-21(15-18-41)24-13-12-22-9-8-16-34-28(22)38-24;1-5-19-23(29-15-20(27)25(34)35-26(2,3)4)30-16-31-24(19)33-13-10-17(11-14-33)21-9-8-18-7-6-12-28-22(18)32-21;8-7-9-5-3-1-2-4-6(5)10-7/h6-7,10-13,20-21,26H,5,8-9,14-19H2,1-4H3,(H,34,38)(H,39,40)(H,35,36,37);8-9,16-17,20H,5-7,10-15,27H2,1-4H3,(H,28,32)(H,29,30,31);1-4H/t26-;20-;/m00./s1. The van der Waals surface area contributed by atoms with Gasteiger partial charge in [0.05, 0.1) is 20.4 Å². The molecule has 0 amide bonds. The van der Waals surface area contributed by atoms with Crippen LogP contribution in [0.2, 0.25) is 0 Å². The molecule has 20 nitrogen and oxygen atoms in total. The zero-order valence-electron chi connectivity index (χ0n) is 52.5. The number of carbonyl (C=O) groups is 2. The van der Waals surface area contributed by atoms with E-state index in [1.165, 1.54) is 46.7 Å². The summed E-state index contributed by atoms with van der Waals surface area (Å²) in [6.45, 7) is 21.5. The lowest BCUT2D eigenvalue weighted by molar-refractivity contribution is -0.156. The van der Waals surface area contributed by atoms with Crippen molar-refractivity contribution < 1.29 is 23.5 Å². The summed E-state index contributed by atoms with van der Waals surface area (Å²) in [6.07, 6.45) is 13.4. The van der Waals surface area contributed by atoms with Crippen LogP contribution in [0, 0.1) is 5.26 Å². The molecule has 0 unspecified atom stereocenters. The molecule has 4 aliphatic rings. The molecule has 0 saturated carbocycles. The third-order valence-corrected chi connectivity index (χ3v) is 17.8. The van der Waals surface area contributed by atoms with E-state index in [0.29, 0.717) is 17.0 Å². The van der Waals surface area contributed by atoms with Crippen molar-refractivity contribution >= 4 is 95.1 Å². The Kier molecular flexibility index (Phi) is 21.0. The summed E-state index contributed by atoms with van der Waals surface area (Å²) in [5.41, 5.74) is 13.6. The van der Waals surface area contributed by atoms with Gasteiger partial charge in [-0.3, -0.25) is 4.79 Å². The number of aromatic nitrogens is 8. The molecule has 8 aromatic rings. The zero-order chi connectivity index (χ0) is 62.7. The minimum absolute atomic E-state index is 0.248. The monoisotopic (exact) mass is 1250 g/mol. The number of anilines is 7. The average molecular weight is 1250 g/mol. The lowest BCUT2D eigenvalue weighted by Crippen LogP contribution is -2.42. The Morgan fingerprint density at radius 3 is 1.58 bits per heavy atom. The fourth-order valence-corrected chi connectivity index (χ4v) is 13.2. The predicted molar refractivity (Wildman–Crippen MR) is 357 cm³/mol. The summed E-state index contributed by atoms with van der Waals surface area (Å²) in [4.78, 5) is 66.9. The minimum atomic E-state index is -0.772. The molecule has 2 aromatic carbocycles. The fourth-order valence-electron chi connectivity index (χ4n) is 11.6. The van der Waals surface area contributed by atoms with Crippen LogP contribution < -0.4 is 42.1 Å². The first-order valence-corrected chi connectivity index (χ1v) is 33.0. The van der Waals surface area contributed by atoms with E-state index >= 15 is 0 Å². The fraction of sp³-hybridized carbons (Fsp3) is 0.485. The second-order valence-corrected chi connectivity index (χ2v) is 26.9. The number of rotatable bonds is 16. The maximum Gasteiger partial charge on any atom is 0.331 e. The molecular formula is C66H85FN16O4S2. The summed E-state index contributed by atoms with van der Waals surface area (Å²) in [6, 6.07) is 22.8. The Morgan fingerprint density at radius 1 is 0.629 bits per heavy atom. The quantitative estimate of drug-likeness (QED) is 0.0492. The van der Waals surface area contributed by atoms with Crippen LogP contribution in [0.15, 0.2) is 85.5 Å². The molecule has 12 rings (SSSR count). The van der Waals surface area contributed by atoms with E-state index in [1.807, 2.05) is 84.0 Å². The van der Waals surface area contributed by atoms with E-state index in [9.17, 15) is 14.0 Å². The van der Waals surface area contributed by atoms with E-state index < -0.39 is 29.3 Å². The van der Waals surface area contributed by atoms with Gasteiger partial charge in [0.15, 0.2) is 5.13 Å². The third kappa shape index (κ3) is 16.9. The van der Waals surface area contributed by atoms with Gasteiger partial charge in [0, 0.05) is 86.7 Å². The number of carbonyl (C=O) groups excluding carboxylic acids is 2. The molecule has 2 atom stereocenters. The summed E-state index contributed by atoms with van der Waals surface area (Å²) in [5, 5.41) is 17.3. The van der Waals surface area contributed by atoms with Gasteiger partial charge in [-0.05, 0) is 153 Å². The van der Waals surface area contributed by atoms with Gasteiger partial charge < -0.3 is 51.6 Å². The number of fused-ring (bicyclic) bond motifs is 4. The Hall–Kier alpha value is -7.89. The number of hydrogen-bond donors (Lipinski definition) is 6. The Bertz CT molecular complexity index is 3620. The number of piperidine rings is 2. The molecule has 0 radical (unpaired) electrons. The molecule has 0 aliphatic carbocycles. The summed E-state index contributed by atoms with van der Waals surface area (Å²) in [5.74, 6) is 5.63. The molecule has 89 heavy (non-hydrogen) atoms. The second-order valence-electron chi connectivity index (χ2n) is 24.9. The van der Waals surface area contributed by atoms with Crippen molar-refractivity contribution in [2.45, 2.75) is 155 Å². The normalized spacial score (nSPS) is 16.0. The lowest BCUT2D eigenvalue weighted by Gasteiger charge is -2.34. The molecule has 10 heterocycles. The van der Waals surface area contributed by atoms with Gasteiger partial charge in [0.2, 0.25) is 0 Å². The van der Waals surface area contributed by atoms with Crippen LogP contribution in [0.3, 0.4) is 0 Å². The molecule has 4 aliphatic heterocycles. The number of nitrogens with zero attached hydrogens (tertiary/aromatic N) is 10. The highest BCUT2D eigenvalue weighted by molar-refractivity contribution is 7.22. The van der Waals surface area contributed by atoms with E-state index in [0.717, 1.165) is 168 Å². The van der Waals surface area contributed by atoms with Gasteiger partial charge in [-0.25, -0.2) is 44.7 Å². The Balaban J connectivity index is 0.000000172. The van der Waals surface area contributed by atoms with Crippen LogP contribution in [0.5, 0.6) is 0 Å². The van der Waals surface area contributed by atoms with Gasteiger partial charge >= 0.3 is 11.9 Å². The number of thiazole rings is 2. The molecule has 0 spiro atoms. The first kappa shape index (κ1) is 64.1. The van der Waals surface area contributed by atoms with Crippen molar-refractivity contribution in [1.82, 2.24) is 39.9 Å². The predicted octanol–water partition coefficient (Wildman–Crippen LogP) is 11.7. The highest BCUT2D eigenvalue weighted by atomic mass is 32.1. The van der Waals surface area contributed by atoms with Crippen molar-refractivity contribution in [3.8, 4) is 0 Å². The van der Waals surface area contributed by atoms with Gasteiger partial charge in [0.1, 0.15) is 70.8 Å². The maximum atomic E-state index is 13.3. The number of esters is 2. The molecule has 7 N–H and O–H groups in total. The minimum Gasteiger partial charge on any atom is -0.459 e. The Morgan fingerprint density at radius 2 is 1.10 bits per heavy atom. The van der Waals surface area contributed by atoms with E-state index in [4.69, 9.17) is 30.2 Å². The maximum absolute atomic E-state index is 13.3. The number of pyridine rings is 2. The van der Waals surface area contributed by atoms with Gasteiger partial charge in [0.25, 0.3) is 5.26 Å². The first-order chi connectivity index (χ1) is 42.9. The topological polar surface area (TPSA) is 248 Å². The summed E-state index contributed by atoms with van der Waals surface area (Å²) >= 11 is 2.59. The van der Waals surface area contributed by atoms with Crippen LogP contribution in [-0.2, 0) is 44.7 Å². The van der Waals surface area contributed by atoms with Crippen LogP contribution in [0.1, 0.15) is 139 Å². The van der Waals surface area contributed by atoms with E-state index in [1.54, 1.807) is 18.7 Å². The van der Waals surface area contributed by atoms with Gasteiger partial charge in [-0.2, -0.15) is 4.39 Å². The number of halogens is 1. The molecule has 472 valence electrons. The van der Waals surface area contributed by atoms with Crippen LogP contribution in [0.25, 0.3) is 20.4 Å². The number of nitrogens with one attached hydrogen (secondary N) is 5. The SMILES string of the molecule is CCc1c(NC[C@H](N)C(=O)OC(C)(C)C)ncnc1N1CCC(c2ccc3c(n2)NCCC3)CC1.CCc1c(NC[C@H](Nc2nc3ccccc3s2)C(=O)OC(C)(C)C)ncnc1N1CCC(c2ccc3c(n2)NCCC3)CC1.Fc1nc2ccccc2s1. The largest absolute Gasteiger partial charge is 0.459 e. The van der Waals surface area contributed by atoms with Crippen molar-refractivity contribution in [2.24, 2.45) is 5.73 Å². The van der Waals surface area contributed by atoms with Crippen molar-refractivity contribution in [1.29, 1.82) is 0 Å².